The standard InChI is InChI=1S/C7H7ClFN.C6H9NO2/c8-6-3-1-2-5(4-10)7(6)9;8-6(9)5-2-3-1-4(3)7-5/h1-3H,4,10H2;3-5,7H,1-2H2,(H,8,9)/t;3-,4-,5+/m.1/s1. The molecule has 1 saturated heterocycles. The summed E-state index contributed by atoms with van der Waals surface area (Å²) in [7, 11) is 0. The lowest BCUT2D eigenvalue weighted by Gasteiger charge is -2.04. The summed E-state index contributed by atoms with van der Waals surface area (Å²) in [6.45, 7) is 0.187. The summed E-state index contributed by atoms with van der Waals surface area (Å²) in [5, 5.41) is 11.6. The summed E-state index contributed by atoms with van der Waals surface area (Å²) in [5.74, 6) is -0.417. The summed E-state index contributed by atoms with van der Waals surface area (Å²) >= 11 is 5.46. The fourth-order valence-electron chi connectivity index (χ4n) is 2.22. The Kier molecular flexibility index (Phi) is 4.39. The van der Waals surface area contributed by atoms with Crippen molar-refractivity contribution in [2.75, 3.05) is 0 Å². The number of hydrogen-bond donors (Lipinski definition) is 3. The highest BCUT2D eigenvalue weighted by Gasteiger charge is 2.47. The molecule has 1 saturated carbocycles. The fourth-order valence-corrected chi connectivity index (χ4v) is 2.41. The van der Waals surface area contributed by atoms with Gasteiger partial charge in [0.1, 0.15) is 11.9 Å². The van der Waals surface area contributed by atoms with Crippen LogP contribution in [0.1, 0.15) is 18.4 Å². The topological polar surface area (TPSA) is 75.4 Å². The largest absolute Gasteiger partial charge is 0.480 e. The summed E-state index contributed by atoms with van der Waals surface area (Å²) < 4.78 is 12.8. The van der Waals surface area contributed by atoms with Gasteiger partial charge in [0.25, 0.3) is 0 Å². The van der Waals surface area contributed by atoms with E-state index in [1.165, 1.54) is 12.5 Å². The third kappa shape index (κ3) is 3.43. The Morgan fingerprint density at radius 3 is 2.68 bits per heavy atom. The van der Waals surface area contributed by atoms with Gasteiger partial charge in [0, 0.05) is 18.2 Å². The molecule has 4 nitrogen and oxygen atoms in total. The van der Waals surface area contributed by atoms with Crippen LogP contribution in [0.4, 0.5) is 4.39 Å². The third-order valence-corrected chi connectivity index (χ3v) is 3.72. The lowest BCUT2D eigenvalue weighted by atomic mass is 10.2. The number of nitrogens with two attached hydrogens (primary N) is 1. The highest BCUT2D eigenvalue weighted by atomic mass is 35.5. The minimum Gasteiger partial charge on any atom is -0.480 e. The molecule has 0 amide bonds. The summed E-state index contributed by atoms with van der Waals surface area (Å²) in [6, 6.07) is 5.09. The number of piperidine rings is 1. The van der Waals surface area contributed by atoms with E-state index in [-0.39, 0.29) is 17.6 Å². The highest BCUT2D eigenvalue weighted by molar-refractivity contribution is 6.30. The van der Waals surface area contributed by atoms with Gasteiger partial charge in [0.05, 0.1) is 5.02 Å². The zero-order valence-corrected chi connectivity index (χ0v) is 11.0. The molecule has 104 valence electrons. The number of carboxylic acid groups (broad SMARTS) is 1. The first-order chi connectivity index (χ1) is 9.02. The minimum atomic E-state index is -0.692. The maximum absolute atomic E-state index is 12.8. The van der Waals surface area contributed by atoms with Crippen molar-refractivity contribution in [3.05, 3.63) is 34.6 Å². The Labute approximate surface area is 115 Å². The van der Waals surface area contributed by atoms with Crippen molar-refractivity contribution in [1.82, 2.24) is 5.32 Å². The SMILES string of the molecule is NCc1cccc(Cl)c1F.O=C(O)[C@@H]1C[C@H]2C[C@H]2N1. The Morgan fingerprint density at radius 2 is 2.26 bits per heavy atom. The normalized spacial score (nSPS) is 27.2. The first kappa shape index (κ1) is 14.2. The molecule has 1 aliphatic heterocycles. The molecule has 0 bridgehead atoms. The van der Waals surface area contributed by atoms with Gasteiger partial charge in [-0.25, -0.2) is 4.39 Å². The molecule has 6 heteroatoms. The number of rotatable bonds is 2. The van der Waals surface area contributed by atoms with Gasteiger partial charge in [-0.1, -0.05) is 23.7 Å². The van der Waals surface area contributed by atoms with Crippen LogP contribution in [0.5, 0.6) is 0 Å². The number of benzene rings is 1. The minimum absolute atomic E-state index is 0.128. The van der Waals surface area contributed by atoms with Crippen LogP contribution in [0, 0.1) is 11.7 Å². The van der Waals surface area contributed by atoms with E-state index in [4.69, 9.17) is 22.4 Å². The molecule has 0 aromatic heterocycles. The Balaban J connectivity index is 0.000000141. The van der Waals surface area contributed by atoms with E-state index in [1.54, 1.807) is 12.1 Å². The van der Waals surface area contributed by atoms with E-state index in [9.17, 15) is 9.18 Å². The third-order valence-electron chi connectivity index (χ3n) is 3.43. The number of carbonyl (C=O) groups is 1. The number of carboxylic acids is 1. The molecule has 2 aliphatic rings. The maximum atomic E-state index is 12.8. The molecule has 0 unspecified atom stereocenters. The molecule has 2 fully saturated rings. The maximum Gasteiger partial charge on any atom is 0.320 e. The van der Waals surface area contributed by atoms with Crippen LogP contribution in [0.15, 0.2) is 18.2 Å². The molecule has 3 atom stereocenters. The number of nitrogens with one attached hydrogen (secondary N) is 1. The molecule has 19 heavy (non-hydrogen) atoms. The second-order valence-electron chi connectivity index (χ2n) is 4.81. The van der Waals surface area contributed by atoms with Crippen LogP contribution in [0.25, 0.3) is 0 Å². The van der Waals surface area contributed by atoms with Crippen LogP contribution in [-0.2, 0) is 11.3 Å². The molecule has 1 aromatic carbocycles. The first-order valence-electron chi connectivity index (χ1n) is 6.14. The predicted octanol–water partition coefficient (Wildman–Crippen LogP) is 1.76. The second kappa shape index (κ2) is 5.86. The number of aliphatic carboxylic acids is 1. The Morgan fingerprint density at radius 1 is 1.53 bits per heavy atom. The van der Waals surface area contributed by atoms with Gasteiger partial charge in [-0.3, -0.25) is 4.79 Å². The first-order valence-corrected chi connectivity index (χ1v) is 6.52. The van der Waals surface area contributed by atoms with E-state index in [1.807, 2.05) is 0 Å². The average Bonchev–Trinajstić information content (AvgIpc) is 3.00. The van der Waals surface area contributed by atoms with Gasteiger partial charge in [-0.15, -0.1) is 0 Å². The zero-order chi connectivity index (χ0) is 14.0. The lowest BCUT2D eigenvalue weighted by Crippen LogP contribution is -2.33. The summed E-state index contributed by atoms with van der Waals surface area (Å²) in [5.41, 5.74) is 5.67. The van der Waals surface area contributed by atoms with Gasteiger partial charge in [0.15, 0.2) is 0 Å². The lowest BCUT2D eigenvalue weighted by molar-refractivity contribution is -0.139. The van der Waals surface area contributed by atoms with Crippen molar-refractivity contribution < 1.29 is 14.3 Å². The van der Waals surface area contributed by atoms with E-state index >= 15 is 0 Å². The van der Waals surface area contributed by atoms with Crippen molar-refractivity contribution in [1.29, 1.82) is 0 Å². The van der Waals surface area contributed by atoms with E-state index < -0.39 is 11.8 Å². The molecular formula is C13H16ClFN2O2. The van der Waals surface area contributed by atoms with Gasteiger partial charge < -0.3 is 16.2 Å². The summed E-state index contributed by atoms with van der Waals surface area (Å²) in [6.07, 6.45) is 2.05. The monoisotopic (exact) mass is 286 g/mol. The van der Waals surface area contributed by atoms with E-state index in [0.29, 0.717) is 17.5 Å². The van der Waals surface area contributed by atoms with Gasteiger partial charge in [-0.05, 0) is 24.8 Å². The van der Waals surface area contributed by atoms with Crippen LogP contribution >= 0.6 is 11.6 Å². The number of fused-ring (bicyclic) bond motifs is 1. The highest BCUT2D eigenvalue weighted by Crippen LogP contribution is 2.40. The smallest absolute Gasteiger partial charge is 0.320 e. The van der Waals surface area contributed by atoms with Crippen LogP contribution < -0.4 is 11.1 Å². The van der Waals surface area contributed by atoms with Crippen LogP contribution in [0.3, 0.4) is 0 Å². The van der Waals surface area contributed by atoms with Gasteiger partial charge in [-0.2, -0.15) is 0 Å². The van der Waals surface area contributed by atoms with E-state index in [2.05, 4.69) is 5.32 Å². The Hall–Kier alpha value is -1.17. The van der Waals surface area contributed by atoms with Crippen LogP contribution in [-0.4, -0.2) is 23.2 Å². The number of hydrogen-bond acceptors (Lipinski definition) is 3. The van der Waals surface area contributed by atoms with Crippen molar-refractivity contribution in [3.63, 3.8) is 0 Å². The molecule has 3 rings (SSSR count). The quantitative estimate of drug-likeness (QED) is 0.774. The number of halogens is 2. The van der Waals surface area contributed by atoms with Gasteiger partial charge >= 0.3 is 5.97 Å². The molecular weight excluding hydrogens is 271 g/mol. The zero-order valence-electron chi connectivity index (χ0n) is 10.3. The van der Waals surface area contributed by atoms with Crippen LogP contribution in [0.2, 0.25) is 5.02 Å². The Bertz CT molecular complexity index is 474. The molecule has 4 N–H and O–H groups in total. The summed E-state index contributed by atoms with van der Waals surface area (Å²) in [4.78, 5) is 10.3. The van der Waals surface area contributed by atoms with Crippen molar-refractivity contribution in [2.45, 2.75) is 31.5 Å². The van der Waals surface area contributed by atoms with Crippen molar-refractivity contribution >= 4 is 17.6 Å². The van der Waals surface area contributed by atoms with Crippen molar-refractivity contribution in [2.24, 2.45) is 11.7 Å². The average molecular weight is 287 g/mol. The van der Waals surface area contributed by atoms with E-state index in [0.717, 1.165) is 6.42 Å². The predicted molar refractivity (Wildman–Crippen MR) is 70.4 cm³/mol. The molecule has 1 heterocycles. The molecule has 0 spiro atoms. The van der Waals surface area contributed by atoms with Gasteiger partial charge in [0.2, 0.25) is 0 Å². The fraction of sp³-hybridized carbons (Fsp3) is 0.462. The molecule has 1 aliphatic carbocycles. The molecule has 1 aromatic rings. The van der Waals surface area contributed by atoms with Crippen molar-refractivity contribution in [3.8, 4) is 0 Å². The molecule has 0 radical (unpaired) electrons. The second-order valence-corrected chi connectivity index (χ2v) is 5.22.